The monoisotopic (exact) mass is 367 g/mol. The van der Waals surface area contributed by atoms with Crippen molar-refractivity contribution in [1.82, 2.24) is 0 Å². The number of nitrogens with zero attached hydrogens (tertiary/aromatic N) is 1. The highest BCUT2D eigenvalue weighted by atomic mass is 16.6. The summed E-state index contributed by atoms with van der Waals surface area (Å²) in [6.45, 7) is 1.36. The highest BCUT2D eigenvalue weighted by Gasteiger charge is 2.15. The predicted octanol–water partition coefficient (Wildman–Crippen LogP) is 2.91. The number of amides is 2. The van der Waals surface area contributed by atoms with Crippen LogP contribution < -0.4 is 16.3 Å². The van der Waals surface area contributed by atoms with Gasteiger partial charge in [-0.25, -0.2) is 4.79 Å². The minimum Gasteiger partial charge on any atom is -0.417 e. The first-order chi connectivity index (χ1) is 12.8. The molecule has 2 amide bonds. The fourth-order valence-corrected chi connectivity index (χ4v) is 2.48. The molecule has 9 heteroatoms. The summed E-state index contributed by atoms with van der Waals surface area (Å²) in [5.74, 6) is -1.26. The molecular weight excluding hydrogens is 354 g/mol. The van der Waals surface area contributed by atoms with E-state index in [1.165, 1.54) is 37.3 Å². The van der Waals surface area contributed by atoms with Crippen molar-refractivity contribution in [3.05, 3.63) is 74.8 Å². The van der Waals surface area contributed by atoms with E-state index < -0.39 is 16.5 Å². The maximum absolute atomic E-state index is 12.4. The molecule has 1 aromatic heterocycles. The molecule has 27 heavy (non-hydrogen) atoms. The van der Waals surface area contributed by atoms with Crippen LogP contribution in [0.5, 0.6) is 0 Å². The first-order valence-corrected chi connectivity index (χ1v) is 7.75. The lowest BCUT2D eigenvalue weighted by molar-refractivity contribution is -0.384. The zero-order valence-corrected chi connectivity index (χ0v) is 14.0. The smallest absolute Gasteiger partial charge is 0.344 e. The minimum absolute atomic E-state index is 0.129. The summed E-state index contributed by atoms with van der Waals surface area (Å²) in [5.41, 5.74) is -0.133. The van der Waals surface area contributed by atoms with Gasteiger partial charge in [0.25, 0.3) is 11.6 Å². The molecule has 0 unspecified atom stereocenters. The van der Waals surface area contributed by atoms with E-state index in [0.717, 1.165) is 0 Å². The van der Waals surface area contributed by atoms with Gasteiger partial charge in [-0.3, -0.25) is 19.7 Å². The van der Waals surface area contributed by atoms with Crippen LogP contribution in [-0.2, 0) is 4.79 Å². The Morgan fingerprint density at radius 1 is 1.04 bits per heavy atom. The average molecular weight is 367 g/mol. The van der Waals surface area contributed by atoms with Crippen molar-refractivity contribution in [2.75, 3.05) is 10.6 Å². The van der Waals surface area contributed by atoms with Crippen molar-refractivity contribution in [1.29, 1.82) is 0 Å². The van der Waals surface area contributed by atoms with Gasteiger partial charge in [-0.05, 0) is 35.7 Å². The van der Waals surface area contributed by atoms with E-state index in [4.69, 9.17) is 4.42 Å². The molecule has 0 radical (unpaired) electrons. The Balaban J connectivity index is 1.92. The van der Waals surface area contributed by atoms with Crippen LogP contribution >= 0.6 is 0 Å². The summed E-state index contributed by atoms with van der Waals surface area (Å²) in [6, 6.07) is 11.3. The molecule has 3 rings (SSSR count). The topological polar surface area (TPSA) is 132 Å². The van der Waals surface area contributed by atoms with Gasteiger partial charge in [-0.15, -0.1) is 0 Å². The van der Waals surface area contributed by atoms with E-state index in [-0.39, 0.29) is 28.1 Å². The van der Waals surface area contributed by atoms with Crippen LogP contribution in [0.4, 0.5) is 17.1 Å². The number of fused-ring (bicyclic) bond motifs is 1. The highest BCUT2D eigenvalue weighted by Crippen LogP contribution is 2.21. The van der Waals surface area contributed by atoms with Crippen molar-refractivity contribution in [2.45, 2.75) is 6.92 Å². The van der Waals surface area contributed by atoms with Crippen LogP contribution in [0.25, 0.3) is 10.8 Å². The number of carbonyl (C=O) groups is 2. The van der Waals surface area contributed by atoms with Crippen molar-refractivity contribution >= 4 is 39.6 Å². The number of rotatable bonds is 4. The molecule has 0 aliphatic heterocycles. The normalized spacial score (nSPS) is 10.4. The van der Waals surface area contributed by atoms with Crippen LogP contribution in [0.15, 0.2) is 57.7 Å². The average Bonchev–Trinajstić information content (AvgIpc) is 2.60. The summed E-state index contributed by atoms with van der Waals surface area (Å²) < 4.78 is 5.01. The zero-order valence-electron chi connectivity index (χ0n) is 14.0. The van der Waals surface area contributed by atoms with Gasteiger partial charge < -0.3 is 15.1 Å². The summed E-state index contributed by atoms with van der Waals surface area (Å²) in [6.07, 6.45) is 0. The van der Waals surface area contributed by atoms with E-state index in [0.29, 0.717) is 11.4 Å². The third-order valence-electron chi connectivity index (χ3n) is 3.62. The van der Waals surface area contributed by atoms with Gasteiger partial charge in [0.05, 0.1) is 10.3 Å². The molecule has 0 bridgehead atoms. The van der Waals surface area contributed by atoms with Gasteiger partial charge in [-0.1, -0.05) is 6.07 Å². The van der Waals surface area contributed by atoms with Gasteiger partial charge in [0.15, 0.2) is 5.76 Å². The van der Waals surface area contributed by atoms with E-state index in [2.05, 4.69) is 10.6 Å². The number of hydrogen-bond acceptors (Lipinski definition) is 6. The second kappa shape index (κ2) is 7.08. The number of hydrogen-bond donors (Lipinski definition) is 2. The molecule has 0 fully saturated rings. The number of nitro groups is 1. The van der Waals surface area contributed by atoms with Crippen LogP contribution in [0.1, 0.15) is 17.5 Å². The molecule has 0 saturated heterocycles. The van der Waals surface area contributed by atoms with Crippen LogP contribution in [0.3, 0.4) is 0 Å². The molecule has 0 atom stereocenters. The molecule has 0 aliphatic carbocycles. The molecule has 0 aliphatic rings. The molecule has 9 nitrogen and oxygen atoms in total. The van der Waals surface area contributed by atoms with Gasteiger partial charge in [0.1, 0.15) is 0 Å². The summed E-state index contributed by atoms with van der Waals surface area (Å²) >= 11 is 0. The minimum atomic E-state index is -0.778. The van der Waals surface area contributed by atoms with Crippen LogP contribution in [-0.4, -0.2) is 16.7 Å². The summed E-state index contributed by atoms with van der Waals surface area (Å²) in [7, 11) is 0. The fourth-order valence-electron chi connectivity index (χ4n) is 2.48. The Kier molecular flexibility index (Phi) is 4.67. The second-order valence-electron chi connectivity index (χ2n) is 5.64. The van der Waals surface area contributed by atoms with E-state index in [1.54, 1.807) is 18.2 Å². The molecule has 136 valence electrons. The third kappa shape index (κ3) is 3.98. The number of nitrogens with one attached hydrogen (secondary N) is 2. The lowest BCUT2D eigenvalue weighted by atomic mass is 10.1. The summed E-state index contributed by atoms with van der Waals surface area (Å²) in [4.78, 5) is 45.9. The third-order valence-corrected chi connectivity index (χ3v) is 3.62. The van der Waals surface area contributed by atoms with Crippen LogP contribution in [0, 0.1) is 10.1 Å². The first-order valence-electron chi connectivity index (χ1n) is 7.75. The lowest BCUT2D eigenvalue weighted by Crippen LogP contribution is -2.15. The molecule has 2 aromatic carbocycles. The number of nitro benzene ring substituents is 1. The van der Waals surface area contributed by atoms with Gasteiger partial charge >= 0.3 is 5.63 Å². The molecule has 2 N–H and O–H groups in total. The predicted molar refractivity (Wildman–Crippen MR) is 97.8 cm³/mol. The fraction of sp³-hybridized carbons (Fsp3) is 0.0556. The standard InChI is InChI=1S/C18H13N3O6/c1-10(22)19-12-3-2-4-13(9-12)20-17(23)16-8-11-7-14(21(25)26)5-6-15(11)18(24)27-16/h2-9H,1H3,(H,19,22)(H,20,23). The molecular formula is C18H13N3O6. The largest absolute Gasteiger partial charge is 0.417 e. The number of benzene rings is 2. The maximum atomic E-state index is 12.4. The second-order valence-corrected chi connectivity index (χ2v) is 5.64. The summed E-state index contributed by atoms with van der Waals surface area (Å²) in [5, 5.41) is 16.4. The van der Waals surface area contributed by atoms with Crippen LogP contribution in [0.2, 0.25) is 0 Å². The Labute approximate surface area is 151 Å². The Morgan fingerprint density at radius 3 is 2.41 bits per heavy atom. The van der Waals surface area contributed by atoms with Gasteiger partial charge in [0.2, 0.25) is 5.91 Å². The Bertz CT molecular complexity index is 1140. The molecule has 3 aromatic rings. The molecule has 1 heterocycles. The highest BCUT2D eigenvalue weighted by molar-refractivity contribution is 6.04. The number of carbonyl (C=O) groups excluding carboxylic acids is 2. The zero-order chi connectivity index (χ0) is 19.6. The number of non-ortho nitro benzene ring substituents is 1. The molecule has 0 saturated carbocycles. The van der Waals surface area contributed by atoms with Crippen molar-refractivity contribution < 1.29 is 18.9 Å². The van der Waals surface area contributed by atoms with E-state index in [1.807, 2.05) is 0 Å². The quantitative estimate of drug-likeness (QED) is 0.538. The first kappa shape index (κ1) is 17.8. The SMILES string of the molecule is CC(=O)Nc1cccc(NC(=O)c2cc3cc([N+](=O)[O-])ccc3c(=O)o2)c1. The van der Waals surface area contributed by atoms with Crippen molar-refractivity contribution in [3.63, 3.8) is 0 Å². The maximum Gasteiger partial charge on any atom is 0.344 e. The van der Waals surface area contributed by atoms with Gasteiger partial charge in [-0.2, -0.15) is 0 Å². The Hall–Kier alpha value is -4.01. The van der Waals surface area contributed by atoms with E-state index >= 15 is 0 Å². The van der Waals surface area contributed by atoms with Gasteiger partial charge in [0, 0.05) is 30.4 Å². The van der Waals surface area contributed by atoms with Crippen molar-refractivity contribution in [2.24, 2.45) is 0 Å². The van der Waals surface area contributed by atoms with Crippen molar-refractivity contribution in [3.8, 4) is 0 Å². The lowest BCUT2D eigenvalue weighted by Gasteiger charge is -2.07. The molecule has 0 spiro atoms. The Morgan fingerprint density at radius 2 is 1.74 bits per heavy atom. The van der Waals surface area contributed by atoms with E-state index in [9.17, 15) is 24.5 Å². The number of anilines is 2.